The number of hydrogen-bond acceptors (Lipinski definition) is 5. The van der Waals surface area contributed by atoms with Crippen LogP contribution in [0.25, 0.3) is 22.0 Å². The Bertz CT molecular complexity index is 1120. The molecule has 0 radical (unpaired) electrons. The summed E-state index contributed by atoms with van der Waals surface area (Å²) < 4.78 is 14.7. The first-order chi connectivity index (χ1) is 14.5. The van der Waals surface area contributed by atoms with Crippen molar-refractivity contribution >= 4 is 45.8 Å². The molecule has 1 aromatic heterocycles. The lowest BCUT2D eigenvalue weighted by atomic mass is 9.93. The number of halogens is 3. The largest absolute Gasteiger partial charge is 0.386 e. The van der Waals surface area contributed by atoms with Crippen LogP contribution in [0, 0.1) is 11.7 Å². The van der Waals surface area contributed by atoms with Gasteiger partial charge in [0.05, 0.1) is 15.4 Å². The molecular formula is C21H21Cl2FN6. The number of benzene rings is 2. The van der Waals surface area contributed by atoms with Gasteiger partial charge in [0.1, 0.15) is 29.3 Å². The van der Waals surface area contributed by atoms with E-state index in [9.17, 15) is 4.39 Å². The number of hydrazone groups is 1. The van der Waals surface area contributed by atoms with Crippen LogP contribution in [0.4, 0.5) is 10.2 Å². The maximum Gasteiger partial charge on any atom is 0.149 e. The third kappa shape index (κ3) is 4.00. The first-order valence-corrected chi connectivity index (χ1v) is 10.4. The Morgan fingerprint density at radius 1 is 1.20 bits per heavy atom. The van der Waals surface area contributed by atoms with E-state index in [4.69, 9.17) is 34.8 Å². The Morgan fingerprint density at radius 2 is 2.03 bits per heavy atom. The molecule has 4 rings (SSSR count). The lowest BCUT2D eigenvalue weighted by molar-refractivity contribution is 0.424. The summed E-state index contributed by atoms with van der Waals surface area (Å²) in [5.74, 6) is 6.31. The lowest BCUT2D eigenvalue weighted by Gasteiger charge is -2.34. The monoisotopic (exact) mass is 446 g/mol. The minimum Gasteiger partial charge on any atom is -0.386 e. The van der Waals surface area contributed by atoms with Crippen LogP contribution in [0.1, 0.15) is 19.3 Å². The molecular weight excluding hydrogens is 426 g/mol. The standard InChI is InChI=1S/C21H21Cl2FN6/c22-15-5-3-13(9-16(15)23)14-4-6-17(24)20-19(14)21(28-11-27-20)30-7-1-2-12(10-30)8-18(25)29-26/h3-6,9,11-12H,1-2,7-8,10,26H2,(H2,25,29). The van der Waals surface area contributed by atoms with Crippen molar-refractivity contribution in [2.45, 2.75) is 19.3 Å². The van der Waals surface area contributed by atoms with Crippen LogP contribution < -0.4 is 16.5 Å². The van der Waals surface area contributed by atoms with Crippen molar-refractivity contribution in [2.24, 2.45) is 22.6 Å². The fourth-order valence-electron chi connectivity index (χ4n) is 4.04. The fourth-order valence-corrected chi connectivity index (χ4v) is 4.34. The van der Waals surface area contributed by atoms with E-state index in [0.717, 1.165) is 37.1 Å². The normalized spacial score (nSPS) is 17.5. The number of rotatable bonds is 4. The smallest absolute Gasteiger partial charge is 0.149 e. The summed E-state index contributed by atoms with van der Waals surface area (Å²) in [4.78, 5) is 10.9. The Hall–Kier alpha value is -2.64. The van der Waals surface area contributed by atoms with E-state index in [-0.39, 0.29) is 11.4 Å². The number of piperidine rings is 1. The van der Waals surface area contributed by atoms with Gasteiger partial charge in [-0.15, -0.1) is 0 Å². The molecule has 1 aliphatic heterocycles. The lowest BCUT2D eigenvalue weighted by Crippen LogP contribution is -2.38. The molecule has 3 aromatic rings. The molecule has 0 amide bonds. The molecule has 30 heavy (non-hydrogen) atoms. The fraction of sp³-hybridized carbons (Fsp3) is 0.286. The summed E-state index contributed by atoms with van der Waals surface area (Å²) in [6.45, 7) is 1.53. The van der Waals surface area contributed by atoms with Gasteiger partial charge in [-0.25, -0.2) is 14.4 Å². The van der Waals surface area contributed by atoms with Gasteiger partial charge in [0.15, 0.2) is 0 Å². The minimum absolute atomic E-state index is 0.272. The first-order valence-electron chi connectivity index (χ1n) is 9.63. The van der Waals surface area contributed by atoms with E-state index in [1.54, 1.807) is 18.2 Å². The van der Waals surface area contributed by atoms with Crippen LogP contribution in [0.15, 0.2) is 41.8 Å². The molecule has 4 N–H and O–H groups in total. The number of hydrogen-bond donors (Lipinski definition) is 2. The second kappa shape index (κ2) is 8.62. The Balaban J connectivity index is 1.82. The van der Waals surface area contributed by atoms with E-state index < -0.39 is 5.82 Å². The predicted molar refractivity (Wildman–Crippen MR) is 120 cm³/mol. The molecule has 0 aliphatic carbocycles. The van der Waals surface area contributed by atoms with Gasteiger partial charge in [-0.2, -0.15) is 5.10 Å². The summed E-state index contributed by atoms with van der Waals surface area (Å²) in [6, 6.07) is 8.49. The van der Waals surface area contributed by atoms with Crippen molar-refractivity contribution in [3.05, 3.63) is 52.5 Å². The second-order valence-electron chi connectivity index (χ2n) is 7.42. The summed E-state index contributed by atoms with van der Waals surface area (Å²) in [7, 11) is 0. The van der Waals surface area contributed by atoms with Crippen LogP contribution >= 0.6 is 23.2 Å². The quantitative estimate of drug-likeness (QED) is 0.264. The number of aromatic nitrogens is 2. The highest BCUT2D eigenvalue weighted by molar-refractivity contribution is 6.42. The van der Waals surface area contributed by atoms with Crippen LogP contribution in [0.2, 0.25) is 10.0 Å². The molecule has 0 bridgehead atoms. The zero-order valence-electron chi connectivity index (χ0n) is 16.2. The van der Waals surface area contributed by atoms with E-state index >= 15 is 0 Å². The van der Waals surface area contributed by atoms with Crippen molar-refractivity contribution in [3.63, 3.8) is 0 Å². The van der Waals surface area contributed by atoms with Crippen LogP contribution in [0.5, 0.6) is 0 Å². The molecule has 1 atom stereocenters. The molecule has 9 heteroatoms. The van der Waals surface area contributed by atoms with Gasteiger partial charge < -0.3 is 16.5 Å². The SMILES string of the molecule is N/N=C(\N)CC1CCCN(c2ncnc3c(F)ccc(-c4ccc(Cl)c(Cl)c4)c23)C1. The highest BCUT2D eigenvalue weighted by Crippen LogP contribution is 2.38. The number of fused-ring (bicyclic) bond motifs is 1. The van der Waals surface area contributed by atoms with Crippen molar-refractivity contribution in [2.75, 3.05) is 18.0 Å². The number of anilines is 1. The van der Waals surface area contributed by atoms with Gasteiger partial charge in [-0.3, -0.25) is 0 Å². The Kier molecular flexibility index (Phi) is 5.92. The summed E-state index contributed by atoms with van der Waals surface area (Å²) in [5.41, 5.74) is 7.72. The van der Waals surface area contributed by atoms with Gasteiger partial charge in [0.2, 0.25) is 0 Å². The molecule has 0 saturated carbocycles. The Morgan fingerprint density at radius 3 is 2.80 bits per heavy atom. The van der Waals surface area contributed by atoms with E-state index in [2.05, 4.69) is 20.0 Å². The van der Waals surface area contributed by atoms with Gasteiger partial charge in [-0.1, -0.05) is 35.3 Å². The van der Waals surface area contributed by atoms with Gasteiger partial charge in [0.25, 0.3) is 0 Å². The molecule has 1 fully saturated rings. The average molecular weight is 447 g/mol. The maximum absolute atomic E-state index is 14.7. The second-order valence-corrected chi connectivity index (χ2v) is 8.24. The Labute approximate surface area is 183 Å². The van der Waals surface area contributed by atoms with Crippen molar-refractivity contribution in [1.29, 1.82) is 0 Å². The highest BCUT2D eigenvalue weighted by Gasteiger charge is 2.25. The molecule has 6 nitrogen and oxygen atoms in total. The molecule has 1 unspecified atom stereocenters. The van der Waals surface area contributed by atoms with Gasteiger partial charge in [-0.05, 0) is 48.1 Å². The molecule has 2 heterocycles. The summed E-state index contributed by atoms with van der Waals surface area (Å²) in [5, 5.41) is 5.13. The average Bonchev–Trinajstić information content (AvgIpc) is 2.76. The topological polar surface area (TPSA) is 93.4 Å². The van der Waals surface area contributed by atoms with E-state index in [0.29, 0.717) is 33.5 Å². The molecule has 156 valence electrons. The van der Waals surface area contributed by atoms with E-state index in [1.807, 2.05) is 6.07 Å². The zero-order chi connectivity index (χ0) is 21.3. The number of nitrogens with zero attached hydrogens (tertiary/aromatic N) is 4. The van der Waals surface area contributed by atoms with Crippen molar-refractivity contribution in [3.8, 4) is 11.1 Å². The first kappa shape index (κ1) is 20.6. The van der Waals surface area contributed by atoms with Crippen LogP contribution in [0.3, 0.4) is 0 Å². The third-order valence-electron chi connectivity index (χ3n) is 5.43. The molecule has 0 spiro atoms. The molecule has 1 saturated heterocycles. The zero-order valence-corrected chi connectivity index (χ0v) is 17.7. The third-order valence-corrected chi connectivity index (χ3v) is 6.17. The van der Waals surface area contributed by atoms with Crippen molar-refractivity contribution < 1.29 is 4.39 Å². The predicted octanol–water partition coefficient (Wildman–Crippen LogP) is 4.58. The highest BCUT2D eigenvalue weighted by atomic mass is 35.5. The maximum atomic E-state index is 14.7. The minimum atomic E-state index is -0.398. The number of amidine groups is 1. The summed E-state index contributed by atoms with van der Waals surface area (Å²) in [6.07, 6.45) is 4.00. The number of nitrogens with two attached hydrogens (primary N) is 2. The molecule has 1 aliphatic rings. The van der Waals surface area contributed by atoms with Crippen LogP contribution in [-0.4, -0.2) is 28.9 Å². The summed E-state index contributed by atoms with van der Waals surface area (Å²) >= 11 is 12.3. The molecule has 2 aromatic carbocycles. The van der Waals surface area contributed by atoms with Crippen molar-refractivity contribution in [1.82, 2.24) is 9.97 Å². The van der Waals surface area contributed by atoms with Gasteiger partial charge >= 0.3 is 0 Å². The van der Waals surface area contributed by atoms with Crippen LogP contribution in [-0.2, 0) is 0 Å². The van der Waals surface area contributed by atoms with Gasteiger partial charge in [0, 0.05) is 19.5 Å². The van der Waals surface area contributed by atoms with E-state index in [1.165, 1.54) is 12.4 Å².